The molecule has 1 heterocycles. The molecule has 0 bridgehead atoms. The van der Waals surface area contributed by atoms with Gasteiger partial charge in [-0.2, -0.15) is 10.2 Å². The third-order valence-electron chi connectivity index (χ3n) is 3.53. The maximum atomic E-state index is 4.35. The van der Waals surface area contributed by atoms with E-state index in [0.29, 0.717) is 6.04 Å². The van der Waals surface area contributed by atoms with Crippen LogP contribution in [0, 0.1) is 6.92 Å². The van der Waals surface area contributed by atoms with Crippen molar-refractivity contribution in [1.82, 2.24) is 15.5 Å². The summed E-state index contributed by atoms with van der Waals surface area (Å²) >= 11 is 0. The Morgan fingerprint density at radius 3 is 2.53 bits per heavy atom. The fraction of sp³-hybridized carbons (Fsp3) is 0.750. The summed E-state index contributed by atoms with van der Waals surface area (Å²) in [5, 5.41) is 12.1. The molecule has 0 aliphatic rings. The first-order chi connectivity index (χ1) is 9.22. The van der Waals surface area contributed by atoms with E-state index in [1.807, 2.05) is 6.92 Å². The standard InChI is InChI=1S/C16H29N3/c1-5-8-9-10-11-16(17-7-3)14-12-13(4)18-19-15(14)6-2/h12,16-17H,5-11H2,1-4H3. The highest BCUT2D eigenvalue weighted by Crippen LogP contribution is 2.23. The van der Waals surface area contributed by atoms with E-state index < -0.39 is 0 Å². The minimum absolute atomic E-state index is 0.436. The lowest BCUT2D eigenvalue weighted by Gasteiger charge is -2.20. The Bertz CT molecular complexity index is 363. The van der Waals surface area contributed by atoms with Gasteiger partial charge in [0, 0.05) is 6.04 Å². The van der Waals surface area contributed by atoms with Gasteiger partial charge in [0.15, 0.2) is 0 Å². The van der Waals surface area contributed by atoms with Gasteiger partial charge in [-0.1, -0.05) is 46.5 Å². The van der Waals surface area contributed by atoms with Gasteiger partial charge in [0.05, 0.1) is 11.4 Å². The fourth-order valence-electron chi connectivity index (χ4n) is 2.50. The van der Waals surface area contributed by atoms with Crippen LogP contribution < -0.4 is 5.32 Å². The van der Waals surface area contributed by atoms with Crippen molar-refractivity contribution >= 4 is 0 Å². The molecule has 3 heteroatoms. The first-order valence-electron chi connectivity index (χ1n) is 7.79. The van der Waals surface area contributed by atoms with Crippen LogP contribution in [-0.4, -0.2) is 16.7 Å². The highest BCUT2D eigenvalue weighted by atomic mass is 15.1. The van der Waals surface area contributed by atoms with Crippen molar-refractivity contribution in [3.05, 3.63) is 23.0 Å². The van der Waals surface area contributed by atoms with Gasteiger partial charge < -0.3 is 5.32 Å². The summed E-state index contributed by atoms with van der Waals surface area (Å²) in [4.78, 5) is 0. The maximum Gasteiger partial charge on any atom is 0.0676 e. The number of nitrogens with one attached hydrogen (secondary N) is 1. The fourth-order valence-corrected chi connectivity index (χ4v) is 2.50. The van der Waals surface area contributed by atoms with Crippen molar-refractivity contribution in [3.63, 3.8) is 0 Å². The molecule has 0 aliphatic heterocycles. The van der Waals surface area contributed by atoms with Gasteiger partial charge >= 0.3 is 0 Å². The smallest absolute Gasteiger partial charge is 0.0676 e. The molecule has 0 amide bonds. The molecular weight excluding hydrogens is 234 g/mol. The van der Waals surface area contributed by atoms with Gasteiger partial charge in [-0.25, -0.2) is 0 Å². The van der Waals surface area contributed by atoms with Crippen LogP contribution in [-0.2, 0) is 6.42 Å². The Morgan fingerprint density at radius 1 is 1.11 bits per heavy atom. The van der Waals surface area contributed by atoms with Crippen molar-refractivity contribution < 1.29 is 0 Å². The Hall–Kier alpha value is -0.960. The number of aryl methyl sites for hydroxylation is 2. The van der Waals surface area contributed by atoms with E-state index in [2.05, 4.69) is 42.4 Å². The minimum atomic E-state index is 0.436. The van der Waals surface area contributed by atoms with Crippen molar-refractivity contribution in [3.8, 4) is 0 Å². The lowest BCUT2D eigenvalue weighted by molar-refractivity contribution is 0.476. The van der Waals surface area contributed by atoms with Crippen molar-refractivity contribution in [2.75, 3.05) is 6.54 Å². The zero-order chi connectivity index (χ0) is 14.1. The molecular formula is C16H29N3. The lowest BCUT2D eigenvalue weighted by atomic mass is 9.97. The normalized spacial score (nSPS) is 12.6. The number of hydrogen-bond acceptors (Lipinski definition) is 3. The van der Waals surface area contributed by atoms with Crippen LogP contribution in [0.15, 0.2) is 6.07 Å². The Morgan fingerprint density at radius 2 is 1.89 bits per heavy atom. The van der Waals surface area contributed by atoms with Gasteiger partial charge in [0.25, 0.3) is 0 Å². The minimum Gasteiger partial charge on any atom is -0.310 e. The SMILES string of the molecule is CCCCCCC(NCC)c1cc(C)nnc1CC. The van der Waals surface area contributed by atoms with Crippen molar-refractivity contribution in [2.45, 2.75) is 72.3 Å². The molecule has 1 atom stereocenters. The number of unbranched alkanes of at least 4 members (excludes halogenated alkanes) is 3. The van der Waals surface area contributed by atoms with Crippen LogP contribution in [0.1, 0.15) is 75.9 Å². The average Bonchev–Trinajstić information content (AvgIpc) is 2.42. The molecule has 108 valence electrons. The van der Waals surface area contributed by atoms with E-state index in [-0.39, 0.29) is 0 Å². The van der Waals surface area contributed by atoms with Crippen LogP contribution in [0.5, 0.6) is 0 Å². The Labute approximate surface area is 118 Å². The molecule has 1 aromatic heterocycles. The second-order valence-corrected chi connectivity index (χ2v) is 5.20. The molecule has 19 heavy (non-hydrogen) atoms. The molecule has 0 fully saturated rings. The van der Waals surface area contributed by atoms with E-state index in [1.54, 1.807) is 0 Å². The third-order valence-corrected chi connectivity index (χ3v) is 3.53. The molecule has 1 N–H and O–H groups in total. The number of hydrogen-bond donors (Lipinski definition) is 1. The largest absolute Gasteiger partial charge is 0.310 e. The van der Waals surface area contributed by atoms with E-state index >= 15 is 0 Å². The number of nitrogens with zero attached hydrogens (tertiary/aromatic N) is 2. The van der Waals surface area contributed by atoms with Crippen LogP contribution >= 0.6 is 0 Å². The molecule has 1 unspecified atom stereocenters. The van der Waals surface area contributed by atoms with E-state index in [1.165, 1.54) is 37.7 Å². The quantitative estimate of drug-likeness (QED) is 0.685. The summed E-state index contributed by atoms with van der Waals surface area (Å²) in [6, 6.07) is 2.64. The monoisotopic (exact) mass is 263 g/mol. The summed E-state index contributed by atoms with van der Waals surface area (Å²) in [5.74, 6) is 0. The first kappa shape index (κ1) is 16.1. The number of aromatic nitrogens is 2. The molecule has 0 saturated carbocycles. The van der Waals surface area contributed by atoms with Gasteiger partial charge in [0.1, 0.15) is 0 Å². The van der Waals surface area contributed by atoms with Crippen LogP contribution in [0.4, 0.5) is 0 Å². The topological polar surface area (TPSA) is 37.8 Å². The summed E-state index contributed by atoms with van der Waals surface area (Å²) in [5.41, 5.74) is 3.52. The molecule has 1 aromatic rings. The second kappa shape index (κ2) is 9.03. The van der Waals surface area contributed by atoms with E-state index in [9.17, 15) is 0 Å². The summed E-state index contributed by atoms with van der Waals surface area (Å²) in [6.45, 7) is 9.61. The molecule has 0 aliphatic carbocycles. The van der Waals surface area contributed by atoms with Crippen LogP contribution in [0.2, 0.25) is 0 Å². The zero-order valence-electron chi connectivity index (χ0n) is 13.0. The lowest BCUT2D eigenvalue weighted by Crippen LogP contribution is -2.23. The molecule has 3 nitrogen and oxygen atoms in total. The zero-order valence-corrected chi connectivity index (χ0v) is 13.0. The molecule has 0 aromatic carbocycles. The van der Waals surface area contributed by atoms with Gasteiger partial charge in [-0.3, -0.25) is 0 Å². The van der Waals surface area contributed by atoms with Crippen molar-refractivity contribution in [2.24, 2.45) is 0 Å². The van der Waals surface area contributed by atoms with Crippen LogP contribution in [0.25, 0.3) is 0 Å². The highest BCUT2D eigenvalue weighted by Gasteiger charge is 2.15. The molecule has 0 spiro atoms. The Kier molecular flexibility index (Phi) is 7.65. The second-order valence-electron chi connectivity index (χ2n) is 5.20. The van der Waals surface area contributed by atoms with Gasteiger partial charge in [-0.15, -0.1) is 0 Å². The third kappa shape index (κ3) is 5.27. The summed E-state index contributed by atoms with van der Waals surface area (Å²) in [7, 11) is 0. The molecule has 0 radical (unpaired) electrons. The maximum absolute atomic E-state index is 4.35. The van der Waals surface area contributed by atoms with Gasteiger partial charge in [0.2, 0.25) is 0 Å². The number of rotatable bonds is 9. The highest BCUT2D eigenvalue weighted by molar-refractivity contribution is 5.24. The van der Waals surface area contributed by atoms with Gasteiger partial charge in [-0.05, 0) is 37.9 Å². The van der Waals surface area contributed by atoms with Crippen LogP contribution in [0.3, 0.4) is 0 Å². The summed E-state index contributed by atoms with van der Waals surface area (Å²) < 4.78 is 0. The predicted molar refractivity (Wildman–Crippen MR) is 81.3 cm³/mol. The predicted octanol–water partition coefficient (Wildman–Crippen LogP) is 3.97. The first-order valence-corrected chi connectivity index (χ1v) is 7.79. The van der Waals surface area contributed by atoms with E-state index in [0.717, 1.165) is 24.4 Å². The van der Waals surface area contributed by atoms with E-state index in [4.69, 9.17) is 0 Å². The van der Waals surface area contributed by atoms with Crippen molar-refractivity contribution in [1.29, 1.82) is 0 Å². The average molecular weight is 263 g/mol. The molecule has 0 saturated heterocycles. The molecule has 1 rings (SSSR count). The Balaban J connectivity index is 2.76. The summed E-state index contributed by atoms with van der Waals surface area (Å²) in [6.07, 6.45) is 7.41.